The molecule has 8 heteroatoms. The maximum absolute atomic E-state index is 12.8. The minimum Gasteiger partial charge on any atom is -0.483 e. The van der Waals surface area contributed by atoms with Gasteiger partial charge in [-0.15, -0.1) is 10.2 Å². The second-order valence-corrected chi connectivity index (χ2v) is 7.53. The molecule has 0 aliphatic heterocycles. The van der Waals surface area contributed by atoms with Crippen LogP contribution < -0.4 is 4.74 Å². The first-order valence-corrected chi connectivity index (χ1v) is 10.3. The smallest absolute Gasteiger partial charge is 0.340 e. The quantitative estimate of drug-likeness (QED) is 0.358. The number of nitrogens with zero attached hydrogens (tertiary/aromatic N) is 3. The Kier molecular flexibility index (Phi) is 5.85. The molecule has 0 N–H and O–H groups in total. The normalized spacial score (nSPS) is 11.0. The molecule has 2 heterocycles. The summed E-state index contributed by atoms with van der Waals surface area (Å²) in [6, 6.07) is 13.9. The van der Waals surface area contributed by atoms with Crippen molar-refractivity contribution in [3.05, 3.63) is 76.0 Å². The fourth-order valence-corrected chi connectivity index (χ4v) is 3.86. The van der Waals surface area contributed by atoms with E-state index in [-0.39, 0.29) is 12.6 Å². The average Bonchev–Trinajstić information content (AvgIpc) is 3.34. The van der Waals surface area contributed by atoms with E-state index < -0.39 is 0 Å². The highest BCUT2D eigenvalue weighted by Crippen LogP contribution is 2.36. The molecule has 0 atom stereocenters. The van der Waals surface area contributed by atoms with Crippen LogP contribution in [0.3, 0.4) is 0 Å². The van der Waals surface area contributed by atoms with Crippen LogP contribution in [0, 0.1) is 6.92 Å². The lowest BCUT2D eigenvalue weighted by molar-refractivity contribution is 0.0527. The summed E-state index contributed by atoms with van der Waals surface area (Å²) >= 11 is 3.58. The van der Waals surface area contributed by atoms with Crippen LogP contribution in [0.2, 0.25) is 0 Å². The van der Waals surface area contributed by atoms with Gasteiger partial charge in [-0.1, -0.05) is 30.3 Å². The molecule has 0 saturated carbocycles. The van der Waals surface area contributed by atoms with Crippen LogP contribution >= 0.6 is 15.9 Å². The van der Waals surface area contributed by atoms with Gasteiger partial charge in [0.1, 0.15) is 5.75 Å². The topological polar surface area (TPSA) is 79.4 Å². The fraction of sp³-hybridized carbons (Fsp3) is 0.227. The molecule has 0 bridgehead atoms. The highest BCUT2D eigenvalue weighted by Gasteiger charge is 2.23. The molecule has 0 amide bonds. The molecule has 0 aliphatic rings. The van der Waals surface area contributed by atoms with E-state index in [9.17, 15) is 4.79 Å². The van der Waals surface area contributed by atoms with Gasteiger partial charge in [-0.05, 0) is 47.5 Å². The maximum atomic E-state index is 12.8. The number of fused-ring (bicyclic) bond motifs is 1. The Labute approximate surface area is 181 Å². The molecule has 0 spiro atoms. The van der Waals surface area contributed by atoms with Gasteiger partial charge in [0.25, 0.3) is 5.89 Å². The average molecular weight is 470 g/mol. The number of halogens is 1. The Morgan fingerprint density at radius 2 is 2.03 bits per heavy atom. The highest BCUT2D eigenvalue weighted by molar-refractivity contribution is 9.10. The molecule has 2 aromatic heterocycles. The van der Waals surface area contributed by atoms with Crippen molar-refractivity contribution in [3.8, 4) is 5.75 Å². The number of ether oxygens (including phenoxy) is 2. The first kappa shape index (κ1) is 20.2. The van der Waals surface area contributed by atoms with Crippen LogP contribution in [0.5, 0.6) is 5.75 Å². The summed E-state index contributed by atoms with van der Waals surface area (Å²) in [5.74, 6) is 0.588. The standard InChI is InChI=1S/C22H20BrN3O4/c1-3-28-22(27)21-14(2)26(11-15-7-5-4-6-8-15)18-10-17(23)19(9-16(18)21)29-12-20-25-24-13-30-20/h4-10,13H,3,11-12H2,1-2H3. The van der Waals surface area contributed by atoms with Gasteiger partial charge >= 0.3 is 5.97 Å². The fourth-order valence-electron chi connectivity index (χ4n) is 3.42. The summed E-state index contributed by atoms with van der Waals surface area (Å²) in [6.07, 6.45) is 1.25. The molecule has 154 valence electrons. The van der Waals surface area contributed by atoms with Gasteiger partial charge in [-0.3, -0.25) is 0 Å². The lowest BCUT2D eigenvalue weighted by Gasteiger charge is -2.10. The number of hydrogen-bond acceptors (Lipinski definition) is 6. The van der Waals surface area contributed by atoms with E-state index in [1.54, 1.807) is 6.92 Å². The summed E-state index contributed by atoms with van der Waals surface area (Å²) in [7, 11) is 0. The van der Waals surface area contributed by atoms with Gasteiger partial charge in [0.15, 0.2) is 6.61 Å². The van der Waals surface area contributed by atoms with Crippen LogP contribution in [-0.2, 0) is 17.9 Å². The van der Waals surface area contributed by atoms with Gasteiger partial charge in [0.05, 0.1) is 22.2 Å². The van der Waals surface area contributed by atoms with E-state index in [2.05, 4.69) is 42.8 Å². The Morgan fingerprint density at radius 3 is 2.73 bits per heavy atom. The van der Waals surface area contributed by atoms with Gasteiger partial charge in [-0.2, -0.15) is 0 Å². The molecule has 0 fully saturated rings. The van der Waals surface area contributed by atoms with Gasteiger partial charge in [0.2, 0.25) is 6.39 Å². The van der Waals surface area contributed by atoms with E-state index >= 15 is 0 Å². The highest BCUT2D eigenvalue weighted by atomic mass is 79.9. The van der Waals surface area contributed by atoms with E-state index in [1.807, 2.05) is 37.3 Å². The van der Waals surface area contributed by atoms with Crippen LogP contribution in [0.4, 0.5) is 0 Å². The van der Waals surface area contributed by atoms with E-state index in [0.29, 0.717) is 30.4 Å². The van der Waals surface area contributed by atoms with Crippen molar-refractivity contribution >= 4 is 32.8 Å². The third kappa shape index (κ3) is 3.95. The Morgan fingerprint density at radius 1 is 1.23 bits per heavy atom. The number of benzene rings is 2. The molecule has 0 saturated heterocycles. The molecular weight excluding hydrogens is 450 g/mol. The van der Waals surface area contributed by atoms with Crippen molar-refractivity contribution < 1.29 is 18.7 Å². The van der Waals surface area contributed by atoms with Crippen molar-refractivity contribution in [3.63, 3.8) is 0 Å². The Bertz CT molecular complexity index is 1170. The number of hydrogen-bond donors (Lipinski definition) is 0. The van der Waals surface area contributed by atoms with Gasteiger partial charge in [-0.25, -0.2) is 4.79 Å². The third-order valence-corrected chi connectivity index (χ3v) is 5.42. The largest absolute Gasteiger partial charge is 0.483 e. The minimum atomic E-state index is -0.350. The molecule has 0 aliphatic carbocycles. The monoisotopic (exact) mass is 469 g/mol. The molecule has 30 heavy (non-hydrogen) atoms. The second-order valence-electron chi connectivity index (χ2n) is 6.67. The molecule has 0 unspecified atom stereocenters. The predicted octanol–water partition coefficient (Wildman–Crippen LogP) is 4.90. The van der Waals surface area contributed by atoms with E-state index in [4.69, 9.17) is 13.9 Å². The van der Waals surface area contributed by atoms with Crippen molar-refractivity contribution in [2.24, 2.45) is 0 Å². The SMILES string of the molecule is CCOC(=O)c1c(C)n(Cc2ccccc2)c2cc(Br)c(OCc3nnco3)cc12. The third-order valence-electron chi connectivity index (χ3n) is 4.80. The van der Waals surface area contributed by atoms with Crippen LogP contribution in [0.25, 0.3) is 10.9 Å². The summed E-state index contributed by atoms with van der Waals surface area (Å²) in [6.45, 7) is 4.80. The summed E-state index contributed by atoms with van der Waals surface area (Å²) in [5, 5.41) is 8.24. The van der Waals surface area contributed by atoms with Gasteiger partial charge in [0, 0.05) is 17.6 Å². The van der Waals surface area contributed by atoms with Crippen LogP contribution in [-0.4, -0.2) is 27.3 Å². The van der Waals surface area contributed by atoms with Crippen LogP contribution in [0.1, 0.15) is 34.4 Å². The molecule has 0 radical (unpaired) electrons. The first-order chi connectivity index (χ1) is 14.6. The lowest BCUT2D eigenvalue weighted by Crippen LogP contribution is -2.08. The van der Waals surface area contributed by atoms with Crippen molar-refractivity contribution in [1.29, 1.82) is 0 Å². The van der Waals surface area contributed by atoms with Crippen molar-refractivity contribution in [2.75, 3.05) is 6.61 Å². The number of aromatic nitrogens is 3. The number of esters is 1. The van der Waals surface area contributed by atoms with Crippen molar-refractivity contribution in [1.82, 2.24) is 14.8 Å². The molecule has 4 aromatic rings. The summed E-state index contributed by atoms with van der Waals surface area (Å²) < 4.78 is 19.2. The zero-order valence-electron chi connectivity index (χ0n) is 16.6. The zero-order chi connectivity index (χ0) is 21.1. The molecule has 4 rings (SSSR count). The van der Waals surface area contributed by atoms with E-state index in [0.717, 1.165) is 26.6 Å². The zero-order valence-corrected chi connectivity index (χ0v) is 18.2. The maximum Gasteiger partial charge on any atom is 0.340 e. The minimum absolute atomic E-state index is 0.128. The van der Waals surface area contributed by atoms with Crippen LogP contribution in [0.15, 0.2) is 57.7 Å². The summed E-state index contributed by atoms with van der Waals surface area (Å²) in [5.41, 5.74) is 3.43. The number of carbonyl (C=O) groups is 1. The first-order valence-electron chi connectivity index (χ1n) is 9.49. The van der Waals surface area contributed by atoms with E-state index in [1.165, 1.54) is 6.39 Å². The molecule has 2 aromatic carbocycles. The van der Waals surface area contributed by atoms with Gasteiger partial charge < -0.3 is 18.5 Å². The Balaban J connectivity index is 1.80. The Hall–Kier alpha value is -3.13. The number of carbonyl (C=O) groups excluding carboxylic acids is 1. The lowest BCUT2D eigenvalue weighted by atomic mass is 10.1. The second kappa shape index (κ2) is 8.71. The summed E-state index contributed by atoms with van der Waals surface area (Å²) in [4.78, 5) is 12.8. The predicted molar refractivity (Wildman–Crippen MR) is 115 cm³/mol. The van der Waals surface area contributed by atoms with Crippen molar-refractivity contribution in [2.45, 2.75) is 27.0 Å². The molecule has 7 nitrogen and oxygen atoms in total. The molecular formula is C22H20BrN3O4. The number of rotatable bonds is 7.